The summed E-state index contributed by atoms with van der Waals surface area (Å²) in [5.41, 5.74) is 1.38. The van der Waals surface area contributed by atoms with Crippen LogP contribution in [0.3, 0.4) is 0 Å². The zero-order chi connectivity index (χ0) is 17.6. The molecule has 0 amide bonds. The Bertz CT molecular complexity index is 943. The van der Waals surface area contributed by atoms with Crippen molar-refractivity contribution in [1.29, 1.82) is 0 Å². The quantitative estimate of drug-likeness (QED) is 0.694. The molecule has 25 heavy (non-hydrogen) atoms. The molecule has 2 atom stereocenters. The Balaban J connectivity index is 1.82. The lowest BCUT2D eigenvalue weighted by Crippen LogP contribution is -2.29. The van der Waals surface area contributed by atoms with Gasteiger partial charge in [0.25, 0.3) is 0 Å². The van der Waals surface area contributed by atoms with E-state index >= 15 is 0 Å². The van der Waals surface area contributed by atoms with Gasteiger partial charge in [-0.05, 0) is 53.1 Å². The van der Waals surface area contributed by atoms with Gasteiger partial charge in [-0.3, -0.25) is 0 Å². The first-order valence-corrected chi connectivity index (χ1v) is 8.58. The van der Waals surface area contributed by atoms with Gasteiger partial charge >= 0.3 is 0 Å². The second-order valence-electron chi connectivity index (χ2n) is 6.04. The minimum atomic E-state index is -0.630. The summed E-state index contributed by atoms with van der Waals surface area (Å²) < 4.78 is 31.5. The number of hydrogen-bond acceptors (Lipinski definition) is 4. The largest absolute Gasteiger partial charge is 0.346 e. The summed E-state index contributed by atoms with van der Waals surface area (Å²) in [6.45, 7) is 1.62. The summed E-state index contributed by atoms with van der Waals surface area (Å²) in [7, 11) is 0. The van der Waals surface area contributed by atoms with Crippen molar-refractivity contribution >= 4 is 21.9 Å². The van der Waals surface area contributed by atoms with Crippen LogP contribution in [0.1, 0.15) is 35.2 Å². The Kier molecular flexibility index (Phi) is 3.99. The zero-order valence-electron chi connectivity index (χ0n) is 13.2. The third-order valence-electron chi connectivity index (χ3n) is 4.45. The zero-order valence-corrected chi connectivity index (χ0v) is 14.8. The van der Waals surface area contributed by atoms with E-state index in [9.17, 15) is 8.78 Å². The van der Waals surface area contributed by atoms with Gasteiger partial charge in [0, 0.05) is 10.0 Å². The van der Waals surface area contributed by atoms with E-state index in [4.69, 9.17) is 0 Å². The number of rotatable bonds is 2. The highest BCUT2D eigenvalue weighted by Gasteiger charge is 2.34. The van der Waals surface area contributed by atoms with E-state index in [2.05, 4.69) is 36.8 Å². The molecular weight excluding hydrogens is 392 g/mol. The van der Waals surface area contributed by atoms with Crippen molar-refractivity contribution in [1.82, 2.24) is 20.2 Å². The van der Waals surface area contributed by atoms with E-state index in [-0.39, 0.29) is 11.6 Å². The number of fused-ring (bicyclic) bond motifs is 1. The predicted molar refractivity (Wildman–Crippen MR) is 92.2 cm³/mol. The van der Waals surface area contributed by atoms with Crippen molar-refractivity contribution in [2.45, 2.75) is 25.4 Å². The summed E-state index contributed by atoms with van der Waals surface area (Å²) in [5, 5.41) is 14.8. The first-order valence-electron chi connectivity index (χ1n) is 7.79. The maximum atomic E-state index is 14.7. The second kappa shape index (κ2) is 6.18. The van der Waals surface area contributed by atoms with Gasteiger partial charge in [-0.25, -0.2) is 13.5 Å². The molecule has 0 radical (unpaired) electrons. The van der Waals surface area contributed by atoms with E-state index in [0.717, 1.165) is 10.0 Å². The lowest BCUT2D eigenvalue weighted by atomic mass is 9.92. The molecule has 1 aliphatic rings. The van der Waals surface area contributed by atoms with E-state index in [0.29, 0.717) is 17.9 Å². The molecule has 2 aromatic carbocycles. The van der Waals surface area contributed by atoms with E-state index in [1.54, 1.807) is 6.92 Å². The maximum Gasteiger partial charge on any atom is 0.244 e. The fraction of sp³-hybridized carbons (Fsp3) is 0.235. The van der Waals surface area contributed by atoms with Gasteiger partial charge < -0.3 is 5.32 Å². The molecule has 0 spiro atoms. The molecule has 0 fully saturated rings. The molecule has 1 aromatic heterocycles. The highest BCUT2D eigenvalue weighted by Crippen LogP contribution is 2.39. The average molecular weight is 406 g/mol. The van der Waals surface area contributed by atoms with Gasteiger partial charge in [-0.2, -0.15) is 0 Å². The van der Waals surface area contributed by atoms with Gasteiger partial charge in [-0.15, -0.1) is 0 Å². The Morgan fingerprint density at radius 2 is 2.08 bits per heavy atom. The third kappa shape index (κ3) is 2.80. The molecule has 0 bridgehead atoms. The van der Waals surface area contributed by atoms with Crippen molar-refractivity contribution in [2.75, 3.05) is 5.32 Å². The lowest BCUT2D eigenvalue weighted by molar-refractivity contribution is 0.392. The summed E-state index contributed by atoms with van der Waals surface area (Å²) in [6.07, 6.45) is 0.422. The minimum absolute atomic E-state index is 0.00459. The number of nitrogens with one attached hydrogen (secondary N) is 1. The second-order valence-corrected chi connectivity index (χ2v) is 6.96. The van der Waals surface area contributed by atoms with Crippen LogP contribution in [-0.4, -0.2) is 20.2 Å². The normalized spacial score (nSPS) is 19.4. The van der Waals surface area contributed by atoms with Crippen molar-refractivity contribution in [3.8, 4) is 0 Å². The predicted octanol–water partition coefficient (Wildman–Crippen LogP) is 4.17. The molecular formula is C17H14BrF2N5. The smallest absolute Gasteiger partial charge is 0.244 e. The molecule has 2 heterocycles. The molecule has 1 N–H and O–H groups in total. The highest BCUT2D eigenvalue weighted by molar-refractivity contribution is 9.10. The minimum Gasteiger partial charge on any atom is -0.346 e. The molecule has 4 rings (SSSR count). The summed E-state index contributed by atoms with van der Waals surface area (Å²) in [4.78, 5) is 0. The molecule has 2 unspecified atom stereocenters. The number of tetrazole rings is 1. The molecule has 0 saturated heterocycles. The molecule has 1 aliphatic heterocycles. The molecule has 8 heteroatoms. The van der Waals surface area contributed by atoms with Crippen LogP contribution in [0.5, 0.6) is 0 Å². The van der Waals surface area contributed by atoms with Crippen LogP contribution in [0.25, 0.3) is 0 Å². The van der Waals surface area contributed by atoms with Crippen LogP contribution < -0.4 is 5.32 Å². The fourth-order valence-electron chi connectivity index (χ4n) is 3.20. The van der Waals surface area contributed by atoms with Crippen molar-refractivity contribution in [3.05, 3.63) is 69.2 Å². The SMILES string of the molecule is Cc1ccc(F)c(C2CC(c3cccc(Br)c3)Nc3nnnn32)c1F. The number of nitrogens with zero attached hydrogens (tertiary/aromatic N) is 4. The van der Waals surface area contributed by atoms with Gasteiger partial charge in [-0.1, -0.05) is 39.2 Å². The molecule has 3 aromatic rings. The van der Waals surface area contributed by atoms with Crippen molar-refractivity contribution in [3.63, 3.8) is 0 Å². The van der Waals surface area contributed by atoms with E-state index < -0.39 is 17.7 Å². The Labute approximate surface area is 151 Å². The van der Waals surface area contributed by atoms with Gasteiger partial charge in [0.1, 0.15) is 11.6 Å². The maximum absolute atomic E-state index is 14.7. The van der Waals surface area contributed by atoms with Gasteiger partial charge in [0.05, 0.1) is 12.1 Å². The number of hydrogen-bond donors (Lipinski definition) is 1. The lowest BCUT2D eigenvalue weighted by Gasteiger charge is -2.31. The van der Waals surface area contributed by atoms with Crippen LogP contribution in [0.15, 0.2) is 40.9 Å². The van der Waals surface area contributed by atoms with Crippen molar-refractivity contribution < 1.29 is 8.78 Å². The Morgan fingerprint density at radius 3 is 2.88 bits per heavy atom. The fourth-order valence-corrected chi connectivity index (χ4v) is 3.62. The first kappa shape index (κ1) is 16.1. The third-order valence-corrected chi connectivity index (χ3v) is 4.95. The van der Waals surface area contributed by atoms with Crippen LogP contribution in [0.2, 0.25) is 0 Å². The topological polar surface area (TPSA) is 55.6 Å². The van der Waals surface area contributed by atoms with Crippen LogP contribution in [0, 0.1) is 18.6 Å². The average Bonchev–Trinajstić information content (AvgIpc) is 3.07. The van der Waals surface area contributed by atoms with E-state index in [1.165, 1.54) is 16.8 Å². The summed E-state index contributed by atoms with van der Waals surface area (Å²) >= 11 is 3.45. The number of aryl methyl sites for hydroxylation is 1. The number of halogens is 3. The molecule has 128 valence electrons. The van der Waals surface area contributed by atoms with Crippen LogP contribution in [0.4, 0.5) is 14.7 Å². The monoisotopic (exact) mass is 405 g/mol. The standard InChI is InChI=1S/C17H14BrF2N5/c1-9-5-6-12(19)15(16(9)20)14-8-13(10-3-2-4-11(18)7-10)21-17-22-23-24-25(14)17/h2-7,13-14H,8H2,1H3,(H,21,22,24). The molecule has 5 nitrogen and oxygen atoms in total. The Morgan fingerprint density at radius 1 is 1.24 bits per heavy atom. The molecule has 0 aliphatic carbocycles. The van der Waals surface area contributed by atoms with Crippen LogP contribution in [-0.2, 0) is 0 Å². The van der Waals surface area contributed by atoms with E-state index in [1.807, 2.05) is 24.3 Å². The summed E-state index contributed by atoms with van der Waals surface area (Å²) in [5.74, 6) is -0.757. The number of anilines is 1. The van der Waals surface area contributed by atoms with Crippen LogP contribution >= 0.6 is 15.9 Å². The van der Waals surface area contributed by atoms with Gasteiger partial charge in [0.15, 0.2) is 0 Å². The van der Waals surface area contributed by atoms with Gasteiger partial charge in [0.2, 0.25) is 5.95 Å². The van der Waals surface area contributed by atoms with Crippen molar-refractivity contribution in [2.24, 2.45) is 0 Å². The summed E-state index contributed by atoms with van der Waals surface area (Å²) in [6, 6.07) is 9.69. The molecule has 0 saturated carbocycles. The first-order chi connectivity index (χ1) is 12.0. The Hall–Kier alpha value is -2.35. The highest BCUT2D eigenvalue weighted by atomic mass is 79.9. The number of aromatic nitrogens is 4. The number of benzene rings is 2.